The van der Waals surface area contributed by atoms with Gasteiger partial charge in [-0.1, -0.05) is 20.8 Å². The zero-order valence-electron chi connectivity index (χ0n) is 9.41. The molecule has 0 saturated carbocycles. The molecule has 0 fully saturated rings. The smallest absolute Gasteiger partial charge is 0.223 e. The van der Waals surface area contributed by atoms with E-state index >= 15 is 0 Å². The summed E-state index contributed by atoms with van der Waals surface area (Å²) < 4.78 is 0. The zero-order chi connectivity index (χ0) is 11.1. The maximum Gasteiger partial charge on any atom is 0.223 e. The summed E-state index contributed by atoms with van der Waals surface area (Å²) in [6.45, 7) is 6.12. The number of aliphatic hydroxyl groups is 1. The zero-order valence-corrected chi connectivity index (χ0v) is 10.2. The first-order valence-electron chi connectivity index (χ1n) is 4.93. The van der Waals surface area contributed by atoms with Gasteiger partial charge in [-0.05, 0) is 12.2 Å². The quantitative estimate of drug-likeness (QED) is 0.704. The number of carbonyl (C=O) groups excluding carboxylic acids is 1. The Kier molecular flexibility index (Phi) is 7.01. The first-order valence-corrected chi connectivity index (χ1v) is 6.33. The summed E-state index contributed by atoms with van der Waals surface area (Å²) in [5.41, 5.74) is 0. The van der Waals surface area contributed by atoms with Crippen molar-refractivity contribution >= 4 is 17.7 Å². The molecule has 0 bridgehead atoms. The molecule has 4 heteroatoms. The molecule has 84 valence electrons. The lowest BCUT2D eigenvalue weighted by Crippen LogP contribution is -2.38. The fraction of sp³-hybridized carbons (Fsp3) is 0.900. The van der Waals surface area contributed by atoms with Crippen molar-refractivity contribution in [3.8, 4) is 0 Å². The Morgan fingerprint density at radius 1 is 1.43 bits per heavy atom. The number of rotatable bonds is 6. The standard InChI is InChI=1S/C10H21NO2S/c1-7(2)9(12)5-11-10(13)8(3)6-14-4/h7-9,12H,5-6H2,1-4H3,(H,11,13). The van der Waals surface area contributed by atoms with Crippen molar-refractivity contribution in [2.45, 2.75) is 26.9 Å². The normalized spacial score (nSPS) is 15.3. The van der Waals surface area contributed by atoms with Crippen LogP contribution in [0.5, 0.6) is 0 Å². The third kappa shape index (κ3) is 5.50. The van der Waals surface area contributed by atoms with Crippen LogP contribution in [0.25, 0.3) is 0 Å². The predicted molar refractivity (Wildman–Crippen MR) is 61.4 cm³/mol. The lowest BCUT2D eigenvalue weighted by molar-refractivity contribution is -0.124. The SMILES string of the molecule is CSCC(C)C(=O)NCC(O)C(C)C. The second kappa shape index (κ2) is 7.12. The van der Waals surface area contributed by atoms with E-state index in [1.807, 2.05) is 27.0 Å². The van der Waals surface area contributed by atoms with Gasteiger partial charge in [0.15, 0.2) is 0 Å². The van der Waals surface area contributed by atoms with Crippen LogP contribution in [0.4, 0.5) is 0 Å². The van der Waals surface area contributed by atoms with Crippen molar-refractivity contribution < 1.29 is 9.90 Å². The lowest BCUT2D eigenvalue weighted by Gasteiger charge is -2.17. The van der Waals surface area contributed by atoms with Crippen LogP contribution in [0, 0.1) is 11.8 Å². The van der Waals surface area contributed by atoms with Crippen LogP contribution >= 0.6 is 11.8 Å². The molecule has 0 saturated heterocycles. The Balaban J connectivity index is 3.73. The molecule has 0 aliphatic rings. The van der Waals surface area contributed by atoms with Gasteiger partial charge < -0.3 is 10.4 Å². The van der Waals surface area contributed by atoms with E-state index in [9.17, 15) is 9.90 Å². The van der Waals surface area contributed by atoms with Gasteiger partial charge in [0.2, 0.25) is 5.91 Å². The molecule has 14 heavy (non-hydrogen) atoms. The van der Waals surface area contributed by atoms with E-state index in [1.54, 1.807) is 11.8 Å². The fourth-order valence-corrected chi connectivity index (χ4v) is 1.59. The summed E-state index contributed by atoms with van der Waals surface area (Å²) in [7, 11) is 0. The first-order chi connectivity index (χ1) is 6.49. The monoisotopic (exact) mass is 219 g/mol. The molecule has 2 N–H and O–H groups in total. The molecular formula is C10H21NO2S. The van der Waals surface area contributed by atoms with Gasteiger partial charge in [0, 0.05) is 18.2 Å². The van der Waals surface area contributed by atoms with Gasteiger partial charge in [-0.15, -0.1) is 0 Å². The van der Waals surface area contributed by atoms with Gasteiger partial charge in [0.05, 0.1) is 6.10 Å². The van der Waals surface area contributed by atoms with Gasteiger partial charge in [-0.3, -0.25) is 4.79 Å². The molecule has 0 aliphatic carbocycles. The molecule has 2 atom stereocenters. The van der Waals surface area contributed by atoms with Gasteiger partial charge >= 0.3 is 0 Å². The van der Waals surface area contributed by atoms with Crippen LogP contribution in [-0.4, -0.2) is 35.7 Å². The molecule has 0 heterocycles. The van der Waals surface area contributed by atoms with Crippen molar-refractivity contribution in [3.05, 3.63) is 0 Å². The molecule has 0 radical (unpaired) electrons. The van der Waals surface area contributed by atoms with E-state index < -0.39 is 6.10 Å². The lowest BCUT2D eigenvalue weighted by atomic mass is 10.1. The van der Waals surface area contributed by atoms with E-state index in [0.717, 1.165) is 5.75 Å². The molecule has 0 aromatic heterocycles. The Morgan fingerprint density at radius 2 is 2.00 bits per heavy atom. The minimum atomic E-state index is -0.444. The molecule has 2 unspecified atom stereocenters. The fourth-order valence-electron chi connectivity index (χ4n) is 0.941. The number of hydrogen-bond donors (Lipinski definition) is 2. The van der Waals surface area contributed by atoms with Gasteiger partial charge in [0.25, 0.3) is 0 Å². The van der Waals surface area contributed by atoms with Crippen LogP contribution in [0.3, 0.4) is 0 Å². The summed E-state index contributed by atoms with van der Waals surface area (Å²) in [5, 5.41) is 12.2. The van der Waals surface area contributed by atoms with Crippen LogP contribution < -0.4 is 5.32 Å². The molecule has 1 amide bonds. The van der Waals surface area contributed by atoms with Crippen molar-refractivity contribution in [2.24, 2.45) is 11.8 Å². The van der Waals surface area contributed by atoms with E-state index in [2.05, 4.69) is 5.32 Å². The van der Waals surface area contributed by atoms with E-state index in [1.165, 1.54) is 0 Å². The average molecular weight is 219 g/mol. The second-order valence-corrected chi connectivity index (χ2v) is 4.82. The minimum Gasteiger partial charge on any atom is -0.391 e. The van der Waals surface area contributed by atoms with Crippen molar-refractivity contribution in [1.29, 1.82) is 0 Å². The molecule has 0 spiro atoms. The Labute approximate surface area is 90.7 Å². The highest BCUT2D eigenvalue weighted by atomic mass is 32.2. The average Bonchev–Trinajstić information content (AvgIpc) is 2.13. The van der Waals surface area contributed by atoms with Crippen molar-refractivity contribution in [3.63, 3.8) is 0 Å². The number of hydrogen-bond acceptors (Lipinski definition) is 3. The number of nitrogens with one attached hydrogen (secondary N) is 1. The van der Waals surface area contributed by atoms with Crippen molar-refractivity contribution in [1.82, 2.24) is 5.32 Å². The summed E-state index contributed by atoms with van der Waals surface area (Å²) in [5.74, 6) is 1.05. The number of carbonyl (C=O) groups is 1. The highest BCUT2D eigenvalue weighted by molar-refractivity contribution is 7.98. The number of thioether (sulfide) groups is 1. The molecular weight excluding hydrogens is 198 g/mol. The maximum atomic E-state index is 11.4. The topological polar surface area (TPSA) is 49.3 Å². The van der Waals surface area contributed by atoms with Gasteiger partial charge in [0.1, 0.15) is 0 Å². The Morgan fingerprint density at radius 3 is 2.43 bits per heavy atom. The first kappa shape index (κ1) is 13.8. The van der Waals surface area contributed by atoms with Crippen LogP contribution in [0.1, 0.15) is 20.8 Å². The van der Waals surface area contributed by atoms with E-state index in [4.69, 9.17) is 0 Å². The second-order valence-electron chi connectivity index (χ2n) is 3.91. The third-order valence-corrected chi connectivity index (χ3v) is 2.95. The summed E-state index contributed by atoms with van der Waals surface area (Å²) in [6.07, 6.45) is 1.53. The number of amides is 1. The molecule has 3 nitrogen and oxygen atoms in total. The largest absolute Gasteiger partial charge is 0.391 e. The summed E-state index contributed by atoms with van der Waals surface area (Å²) in [6, 6.07) is 0. The molecule has 0 rings (SSSR count). The van der Waals surface area contributed by atoms with Gasteiger partial charge in [-0.2, -0.15) is 11.8 Å². The predicted octanol–water partition coefficient (Wildman–Crippen LogP) is 1.12. The minimum absolute atomic E-state index is 0.0179. The molecule has 0 aliphatic heterocycles. The highest BCUT2D eigenvalue weighted by Crippen LogP contribution is 2.05. The van der Waals surface area contributed by atoms with E-state index in [0.29, 0.717) is 6.54 Å². The maximum absolute atomic E-state index is 11.4. The Hall–Kier alpha value is -0.220. The summed E-state index contributed by atoms with van der Waals surface area (Å²) >= 11 is 1.66. The summed E-state index contributed by atoms with van der Waals surface area (Å²) in [4.78, 5) is 11.4. The Bertz CT molecular complexity index is 174. The van der Waals surface area contributed by atoms with Crippen LogP contribution in [0.15, 0.2) is 0 Å². The van der Waals surface area contributed by atoms with E-state index in [-0.39, 0.29) is 17.7 Å². The van der Waals surface area contributed by atoms with Crippen molar-refractivity contribution in [2.75, 3.05) is 18.6 Å². The van der Waals surface area contributed by atoms with Crippen LogP contribution in [-0.2, 0) is 4.79 Å². The van der Waals surface area contributed by atoms with Crippen LogP contribution in [0.2, 0.25) is 0 Å². The molecule has 0 aromatic rings. The molecule has 0 aromatic carbocycles. The third-order valence-electron chi connectivity index (χ3n) is 2.12. The highest BCUT2D eigenvalue weighted by Gasteiger charge is 2.14. The van der Waals surface area contributed by atoms with Gasteiger partial charge in [-0.25, -0.2) is 0 Å². The number of aliphatic hydroxyl groups excluding tert-OH is 1.